The molecule has 3 rings (SSSR count). The first-order chi connectivity index (χ1) is 9.20. The van der Waals surface area contributed by atoms with Crippen LogP contribution in [0.2, 0.25) is 0 Å². The Kier molecular flexibility index (Phi) is 2.95. The SMILES string of the molecule is CCc1cccc(-n2c(=S)[nH]c3c(C)ccnc32)c1. The summed E-state index contributed by atoms with van der Waals surface area (Å²) in [5, 5.41) is 0. The van der Waals surface area contributed by atoms with Gasteiger partial charge in [-0.15, -0.1) is 0 Å². The van der Waals surface area contributed by atoms with Crippen LogP contribution in [0, 0.1) is 11.7 Å². The zero-order valence-corrected chi connectivity index (χ0v) is 11.8. The van der Waals surface area contributed by atoms with Gasteiger partial charge in [0.15, 0.2) is 10.4 Å². The van der Waals surface area contributed by atoms with Crippen molar-refractivity contribution in [2.75, 3.05) is 0 Å². The summed E-state index contributed by atoms with van der Waals surface area (Å²) < 4.78 is 2.68. The van der Waals surface area contributed by atoms with Crippen LogP contribution >= 0.6 is 12.2 Å². The van der Waals surface area contributed by atoms with Crippen molar-refractivity contribution in [3.05, 3.63) is 52.4 Å². The van der Waals surface area contributed by atoms with Crippen LogP contribution in [0.4, 0.5) is 0 Å². The van der Waals surface area contributed by atoms with Gasteiger partial charge in [0.25, 0.3) is 0 Å². The van der Waals surface area contributed by atoms with Crippen molar-refractivity contribution in [1.82, 2.24) is 14.5 Å². The van der Waals surface area contributed by atoms with Gasteiger partial charge in [-0.25, -0.2) is 4.98 Å². The number of aromatic amines is 1. The Labute approximate surface area is 116 Å². The van der Waals surface area contributed by atoms with Crippen molar-refractivity contribution >= 4 is 23.4 Å². The van der Waals surface area contributed by atoms with Gasteiger partial charge in [0, 0.05) is 6.20 Å². The molecule has 4 heteroatoms. The molecule has 0 fully saturated rings. The smallest absolute Gasteiger partial charge is 0.184 e. The summed E-state index contributed by atoms with van der Waals surface area (Å²) in [6.45, 7) is 4.21. The van der Waals surface area contributed by atoms with Crippen LogP contribution in [-0.4, -0.2) is 14.5 Å². The first-order valence-electron chi connectivity index (χ1n) is 6.36. The molecule has 0 aliphatic carbocycles. The molecular weight excluding hydrogens is 254 g/mol. The van der Waals surface area contributed by atoms with E-state index in [1.54, 1.807) is 0 Å². The second-order valence-corrected chi connectivity index (χ2v) is 5.00. The van der Waals surface area contributed by atoms with Gasteiger partial charge in [-0.3, -0.25) is 4.57 Å². The van der Waals surface area contributed by atoms with E-state index in [0.29, 0.717) is 4.77 Å². The first-order valence-corrected chi connectivity index (χ1v) is 6.77. The lowest BCUT2D eigenvalue weighted by Crippen LogP contribution is -1.96. The molecule has 19 heavy (non-hydrogen) atoms. The number of aryl methyl sites for hydroxylation is 2. The van der Waals surface area contributed by atoms with E-state index in [0.717, 1.165) is 28.8 Å². The molecule has 0 aliphatic heterocycles. The topological polar surface area (TPSA) is 33.6 Å². The largest absolute Gasteiger partial charge is 0.329 e. The lowest BCUT2D eigenvalue weighted by Gasteiger charge is -2.06. The van der Waals surface area contributed by atoms with Crippen molar-refractivity contribution in [2.24, 2.45) is 0 Å². The fourth-order valence-electron chi connectivity index (χ4n) is 2.28. The molecule has 1 N–H and O–H groups in total. The van der Waals surface area contributed by atoms with Crippen molar-refractivity contribution in [3.8, 4) is 5.69 Å². The van der Waals surface area contributed by atoms with Crippen molar-refractivity contribution in [3.63, 3.8) is 0 Å². The van der Waals surface area contributed by atoms with E-state index in [9.17, 15) is 0 Å². The van der Waals surface area contributed by atoms with E-state index >= 15 is 0 Å². The summed E-state index contributed by atoms with van der Waals surface area (Å²) >= 11 is 5.44. The Bertz CT molecular complexity index is 799. The number of imidazole rings is 1. The van der Waals surface area contributed by atoms with Crippen LogP contribution in [0.25, 0.3) is 16.9 Å². The van der Waals surface area contributed by atoms with Gasteiger partial charge in [0.1, 0.15) is 0 Å². The number of fused-ring (bicyclic) bond motifs is 1. The molecule has 0 spiro atoms. The first kappa shape index (κ1) is 12.1. The van der Waals surface area contributed by atoms with Crippen LogP contribution in [-0.2, 0) is 6.42 Å². The van der Waals surface area contributed by atoms with Crippen molar-refractivity contribution in [1.29, 1.82) is 0 Å². The number of nitrogens with one attached hydrogen (secondary N) is 1. The molecule has 0 saturated carbocycles. The molecule has 0 saturated heterocycles. The molecule has 0 bridgehead atoms. The molecule has 0 radical (unpaired) electrons. The van der Waals surface area contributed by atoms with E-state index in [1.807, 2.05) is 16.8 Å². The van der Waals surface area contributed by atoms with E-state index in [-0.39, 0.29) is 0 Å². The predicted octanol–water partition coefficient (Wildman–Crippen LogP) is 3.95. The van der Waals surface area contributed by atoms with Gasteiger partial charge in [-0.2, -0.15) is 0 Å². The number of rotatable bonds is 2. The highest BCUT2D eigenvalue weighted by Crippen LogP contribution is 2.20. The molecule has 1 aromatic carbocycles. The zero-order valence-electron chi connectivity index (χ0n) is 11.0. The van der Waals surface area contributed by atoms with Gasteiger partial charge in [0.05, 0.1) is 11.2 Å². The second kappa shape index (κ2) is 4.63. The predicted molar refractivity (Wildman–Crippen MR) is 80.4 cm³/mol. The van der Waals surface area contributed by atoms with E-state index < -0.39 is 0 Å². The van der Waals surface area contributed by atoms with Gasteiger partial charge in [-0.05, 0) is 54.9 Å². The summed E-state index contributed by atoms with van der Waals surface area (Å²) in [6, 6.07) is 10.4. The minimum absolute atomic E-state index is 0.685. The number of H-pyrrole nitrogens is 1. The maximum absolute atomic E-state index is 5.44. The number of nitrogens with zero attached hydrogens (tertiary/aromatic N) is 2. The Morgan fingerprint density at radius 1 is 1.32 bits per heavy atom. The number of benzene rings is 1. The molecule has 0 aliphatic rings. The minimum Gasteiger partial charge on any atom is -0.329 e. The monoisotopic (exact) mass is 269 g/mol. The normalized spacial score (nSPS) is 11.1. The van der Waals surface area contributed by atoms with Crippen molar-refractivity contribution < 1.29 is 0 Å². The van der Waals surface area contributed by atoms with Crippen LogP contribution in [0.3, 0.4) is 0 Å². The second-order valence-electron chi connectivity index (χ2n) is 4.62. The lowest BCUT2D eigenvalue weighted by atomic mass is 10.1. The zero-order chi connectivity index (χ0) is 13.4. The average Bonchev–Trinajstić information content (AvgIpc) is 2.77. The maximum Gasteiger partial charge on any atom is 0.184 e. The summed E-state index contributed by atoms with van der Waals surface area (Å²) in [5.74, 6) is 0. The van der Waals surface area contributed by atoms with E-state index in [1.165, 1.54) is 5.56 Å². The molecular formula is C15H15N3S. The highest BCUT2D eigenvalue weighted by atomic mass is 32.1. The average molecular weight is 269 g/mol. The van der Waals surface area contributed by atoms with E-state index in [4.69, 9.17) is 12.2 Å². The molecule has 2 heterocycles. The maximum atomic E-state index is 5.44. The van der Waals surface area contributed by atoms with Crippen LogP contribution in [0.1, 0.15) is 18.1 Å². The minimum atomic E-state index is 0.685. The number of hydrogen-bond donors (Lipinski definition) is 1. The third-order valence-corrected chi connectivity index (χ3v) is 3.65. The summed E-state index contributed by atoms with van der Waals surface area (Å²) in [6.07, 6.45) is 2.83. The number of hydrogen-bond acceptors (Lipinski definition) is 2. The van der Waals surface area contributed by atoms with Gasteiger partial charge in [-0.1, -0.05) is 19.1 Å². The number of aromatic nitrogens is 3. The van der Waals surface area contributed by atoms with Gasteiger partial charge < -0.3 is 4.98 Å². The fraction of sp³-hybridized carbons (Fsp3) is 0.200. The lowest BCUT2D eigenvalue weighted by molar-refractivity contribution is 1.03. The number of pyridine rings is 1. The van der Waals surface area contributed by atoms with Crippen LogP contribution in [0.15, 0.2) is 36.5 Å². The fourth-order valence-corrected chi connectivity index (χ4v) is 2.58. The molecule has 0 amide bonds. The standard InChI is InChI=1S/C15H15N3S/c1-3-11-5-4-6-12(9-11)18-14-13(17-15(18)19)10(2)7-8-16-14/h4-9H,3H2,1-2H3,(H,17,19). The van der Waals surface area contributed by atoms with Crippen molar-refractivity contribution in [2.45, 2.75) is 20.3 Å². The van der Waals surface area contributed by atoms with Crippen LogP contribution in [0.5, 0.6) is 0 Å². The molecule has 3 nitrogen and oxygen atoms in total. The summed E-state index contributed by atoms with van der Waals surface area (Å²) in [7, 11) is 0. The molecule has 0 unspecified atom stereocenters. The third kappa shape index (κ3) is 1.98. The Hall–Kier alpha value is -1.94. The summed E-state index contributed by atoms with van der Waals surface area (Å²) in [5.41, 5.74) is 5.41. The van der Waals surface area contributed by atoms with E-state index in [2.05, 4.69) is 48.1 Å². The van der Waals surface area contributed by atoms with Gasteiger partial charge in [0.2, 0.25) is 0 Å². The third-order valence-electron chi connectivity index (χ3n) is 3.36. The summed E-state index contributed by atoms with van der Waals surface area (Å²) in [4.78, 5) is 7.71. The highest BCUT2D eigenvalue weighted by Gasteiger charge is 2.09. The Morgan fingerprint density at radius 3 is 2.95 bits per heavy atom. The quantitative estimate of drug-likeness (QED) is 0.715. The molecule has 3 aromatic rings. The Balaban J connectivity index is 2.33. The molecule has 0 atom stereocenters. The Morgan fingerprint density at radius 2 is 2.16 bits per heavy atom. The molecule has 96 valence electrons. The van der Waals surface area contributed by atoms with Gasteiger partial charge >= 0.3 is 0 Å². The van der Waals surface area contributed by atoms with Crippen LogP contribution < -0.4 is 0 Å². The molecule has 2 aromatic heterocycles. The highest BCUT2D eigenvalue weighted by molar-refractivity contribution is 7.71.